The molecule has 4 heterocycles. The van der Waals surface area contributed by atoms with E-state index in [0.29, 0.717) is 6.54 Å². The highest BCUT2D eigenvalue weighted by Crippen LogP contribution is 2.36. The number of thioether (sulfide) groups is 1. The van der Waals surface area contributed by atoms with Crippen LogP contribution in [0.4, 0.5) is 0 Å². The highest BCUT2D eigenvalue weighted by molar-refractivity contribution is 7.99. The largest absolute Gasteiger partial charge is 0.377 e. The minimum atomic E-state index is 0.139. The molecule has 2 fully saturated rings. The molecule has 0 radical (unpaired) electrons. The minimum absolute atomic E-state index is 0.139. The van der Waals surface area contributed by atoms with Gasteiger partial charge in [-0.25, -0.2) is 4.98 Å². The Morgan fingerprint density at radius 1 is 1.12 bits per heavy atom. The van der Waals surface area contributed by atoms with Crippen molar-refractivity contribution in [2.45, 2.75) is 68.9 Å². The minimum Gasteiger partial charge on any atom is -0.377 e. The number of hydrogen-bond acceptors (Lipinski definition) is 6. The number of thiophene rings is 1. The predicted octanol–water partition coefficient (Wildman–Crippen LogP) is 3.40. The second kappa shape index (κ2) is 7.26. The van der Waals surface area contributed by atoms with Crippen molar-refractivity contribution in [1.29, 1.82) is 0 Å². The molecule has 3 aliphatic rings. The average Bonchev–Trinajstić information content (AvgIpc) is 3.41. The number of ether oxygens (including phenoxy) is 2. The van der Waals surface area contributed by atoms with E-state index in [2.05, 4.69) is 0 Å². The van der Waals surface area contributed by atoms with E-state index in [9.17, 15) is 4.79 Å². The highest BCUT2D eigenvalue weighted by Gasteiger charge is 2.26. The summed E-state index contributed by atoms with van der Waals surface area (Å²) in [5.41, 5.74) is 1.40. The maximum absolute atomic E-state index is 13.4. The monoisotopic (exact) mass is 392 g/mol. The fraction of sp³-hybridized carbons (Fsp3) is 0.684. The van der Waals surface area contributed by atoms with Gasteiger partial charge < -0.3 is 9.47 Å². The Morgan fingerprint density at radius 3 is 2.69 bits per heavy atom. The molecule has 26 heavy (non-hydrogen) atoms. The third-order valence-electron chi connectivity index (χ3n) is 5.62. The second-order valence-electron chi connectivity index (χ2n) is 7.43. The molecule has 0 aromatic carbocycles. The zero-order chi connectivity index (χ0) is 17.5. The standard InChI is InChI=1S/C19H24N2O3S2/c22-18-16-14-6-1-7-15(14)26-17(16)20-19(25-11-13-5-3-9-24-13)21(18)10-12-4-2-8-23-12/h12-13H,1-11H2/t12-,13+/m1/s1. The summed E-state index contributed by atoms with van der Waals surface area (Å²) < 4.78 is 13.5. The molecule has 140 valence electrons. The first kappa shape index (κ1) is 17.2. The van der Waals surface area contributed by atoms with E-state index in [-0.39, 0.29) is 17.8 Å². The van der Waals surface area contributed by atoms with Gasteiger partial charge in [-0.2, -0.15) is 0 Å². The Balaban J connectivity index is 1.53. The molecule has 5 rings (SSSR count). The van der Waals surface area contributed by atoms with Crippen LogP contribution in [-0.2, 0) is 28.9 Å². The molecule has 0 spiro atoms. The number of aryl methyl sites for hydroxylation is 2. The first-order valence-corrected chi connectivity index (χ1v) is 11.5. The molecule has 0 bridgehead atoms. The third kappa shape index (κ3) is 3.13. The molecule has 0 amide bonds. The van der Waals surface area contributed by atoms with Crippen molar-refractivity contribution in [1.82, 2.24) is 9.55 Å². The average molecular weight is 393 g/mol. The van der Waals surface area contributed by atoms with Gasteiger partial charge in [0.1, 0.15) is 4.83 Å². The van der Waals surface area contributed by atoms with Crippen LogP contribution in [0.1, 0.15) is 42.5 Å². The van der Waals surface area contributed by atoms with Crippen molar-refractivity contribution < 1.29 is 9.47 Å². The van der Waals surface area contributed by atoms with Gasteiger partial charge in [0.15, 0.2) is 5.16 Å². The molecular weight excluding hydrogens is 368 g/mol. The van der Waals surface area contributed by atoms with E-state index >= 15 is 0 Å². The normalized spacial score (nSPS) is 25.4. The van der Waals surface area contributed by atoms with Crippen LogP contribution in [0.3, 0.4) is 0 Å². The van der Waals surface area contributed by atoms with Crippen molar-refractivity contribution in [2.75, 3.05) is 19.0 Å². The molecule has 2 aromatic rings. The Morgan fingerprint density at radius 2 is 1.92 bits per heavy atom. The Bertz CT molecular complexity index is 864. The van der Waals surface area contributed by atoms with Crippen molar-refractivity contribution >= 4 is 33.3 Å². The van der Waals surface area contributed by atoms with Gasteiger partial charge in [0.05, 0.1) is 24.1 Å². The van der Waals surface area contributed by atoms with Crippen LogP contribution >= 0.6 is 23.1 Å². The lowest BCUT2D eigenvalue weighted by Gasteiger charge is -2.17. The van der Waals surface area contributed by atoms with Crippen molar-refractivity contribution in [3.8, 4) is 0 Å². The van der Waals surface area contributed by atoms with Gasteiger partial charge >= 0.3 is 0 Å². The lowest BCUT2D eigenvalue weighted by Crippen LogP contribution is -2.29. The molecule has 0 saturated carbocycles. The van der Waals surface area contributed by atoms with Crippen LogP contribution in [0.2, 0.25) is 0 Å². The van der Waals surface area contributed by atoms with Crippen LogP contribution in [0, 0.1) is 0 Å². The molecule has 5 nitrogen and oxygen atoms in total. The second-order valence-corrected chi connectivity index (χ2v) is 9.50. The SMILES string of the molecule is O=c1c2c3c(sc2nc(SC[C@@H]2CCCO2)n1C[C@H]1CCCO1)CCC3. The summed E-state index contributed by atoms with van der Waals surface area (Å²) in [5, 5.41) is 1.72. The molecule has 2 aromatic heterocycles. The zero-order valence-electron chi connectivity index (χ0n) is 14.9. The van der Waals surface area contributed by atoms with E-state index < -0.39 is 0 Å². The number of rotatable bonds is 5. The molecular formula is C19H24N2O3S2. The van der Waals surface area contributed by atoms with Gasteiger partial charge in [-0.05, 0) is 50.5 Å². The van der Waals surface area contributed by atoms with E-state index in [1.165, 1.54) is 10.4 Å². The van der Waals surface area contributed by atoms with Crippen molar-refractivity contribution in [3.05, 3.63) is 20.8 Å². The van der Waals surface area contributed by atoms with Gasteiger partial charge in [-0.3, -0.25) is 9.36 Å². The quantitative estimate of drug-likeness (QED) is 0.577. The summed E-state index contributed by atoms with van der Waals surface area (Å²) in [4.78, 5) is 20.6. The Kier molecular flexibility index (Phi) is 4.81. The van der Waals surface area contributed by atoms with Crippen LogP contribution < -0.4 is 5.56 Å². The van der Waals surface area contributed by atoms with Crippen LogP contribution in [-0.4, -0.2) is 40.7 Å². The molecule has 7 heteroatoms. The summed E-state index contributed by atoms with van der Waals surface area (Å²) in [7, 11) is 0. The van der Waals surface area contributed by atoms with E-state index in [1.807, 2.05) is 4.57 Å². The molecule has 0 N–H and O–H groups in total. The van der Waals surface area contributed by atoms with Crippen LogP contribution in [0.5, 0.6) is 0 Å². The molecule has 2 aliphatic heterocycles. The highest BCUT2D eigenvalue weighted by atomic mass is 32.2. The Labute approximate surface area is 161 Å². The fourth-order valence-corrected chi connectivity index (χ4v) is 6.64. The maximum Gasteiger partial charge on any atom is 0.263 e. The number of nitrogens with zero attached hydrogens (tertiary/aromatic N) is 2. The van der Waals surface area contributed by atoms with Gasteiger partial charge in [0.2, 0.25) is 0 Å². The number of hydrogen-bond donors (Lipinski definition) is 0. The van der Waals surface area contributed by atoms with Crippen LogP contribution in [0.15, 0.2) is 9.95 Å². The molecule has 1 aliphatic carbocycles. The third-order valence-corrected chi connectivity index (χ3v) is 7.92. The smallest absolute Gasteiger partial charge is 0.263 e. The molecule has 2 atom stereocenters. The van der Waals surface area contributed by atoms with Crippen LogP contribution in [0.25, 0.3) is 10.2 Å². The molecule has 0 unspecified atom stereocenters. The van der Waals surface area contributed by atoms with E-state index in [0.717, 1.165) is 79.3 Å². The summed E-state index contributed by atoms with van der Waals surface area (Å²) in [6.45, 7) is 2.29. The summed E-state index contributed by atoms with van der Waals surface area (Å²) in [5.74, 6) is 0.870. The maximum atomic E-state index is 13.4. The zero-order valence-corrected chi connectivity index (χ0v) is 16.5. The summed E-state index contributed by atoms with van der Waals surface area (Å²) >= 11 is 3.40. The number of aromatic nitrogens is 2. The topological polar surface area (TPSA) is 53.3 Å². The van der Waals surface area contributed by atoms with Crippen molar-refractivity contribution in [3.63, 3.8) is 0 Å². The summed E-state index contributed by atoms with van der Waals surface area (Å²) in [6, 6.07) is 0. The first-order valence-electron chi connectivity index (χ1n) is 9.70. The van der Waals surface area contributed by atoms with Gasteiger partial charge in [0.25, 0.3) is 5.56 Å². The van der Waals surface area contributed by atoms with Crippen molar-refractivity contribution in [2.24, 2.45) is 0 Å². The predicted molar refractivity (Wildman–Crippen MR) is 105 cm³/mol. The fourth-order valence-electron chi connectivity index (χ4n) is 4.26. The van der Waals surface area contributed by atoms with Gasteiger partial charge in [-0.1, -0.05) is 11.8 Å². The van der Waals surface area contributed by atoms with E-state index in [4.69, 9.17) is 14.5 Å². The number of fused-ring (bicyclic) bond motifs is 3. The lowest BCUT2D eigenvalue weighted by atomic mass is 10.2. The van der Waals surface area contributed by atoms with Gasteiger partial charge in [-0.15, -0.1) is 11.3 Å². The Hall–Kier alpha value is -0.890. The lowest BCUT2D eigenvalue weighted by molar-refractivity contribution is 0.0937. The molecule has 2 saturated heterocycles. The van der Waals surface area contributed by atoms with Gasteiger partial charge in [0, 0.05) is 23.8 Å². The van der Waals surface area contributed by atoms with E-state index in [1.54, 1.807) is 23.1 Å². The first-order chi connectivity index (χ1) is 12.8. The summed E-state index contributed by atoms with van der Waals surface area (Å²) in [6.07, 6.45) is 8.07.